The zero-order valence-corrected chi connectivity index (χ0v) is 41.5. The number of hydrogen-bond donors (Lipinski definition) is 3. The number of pyridine rings is 1. The van der Waals surface area contributed by atoms with Gasteiger partial charge in [-0.15, -0.1) is 0 Å². The third-order valence-electron chi connectivity index (χ3n) is 12.4. The van der Waals surface area contributed by atoms with Gasteiger partial charge in [-0.3, -0.25) is 24.2 Å². The van der Waals surface area contributed by atoms with Crippen LogP contribution in [0.4, 0.5) is 17.3 Å². The summed E-state index contributed by atoms with van der Waals surface area (Å²) in [5, 5.41) is 10.7. The van der Waals surface area contributed by atoms with E-state index in [4.69, 9.17) is 9.72 Å². The van der Waals surface area contributed by atoms with Crippen molar-refractivity contribution in [2.24, 2.45) is 7.05 Å². The van der Waals surface area contributed by atoms with Gasteiger partial charge in [0.2, 0.25) is 16.0 Å². The highest BCUT2D eigenvalue weighted by Crippen LogP contribution is 2.33. The number of benzene rings is 3. The number of nitrogens with zero attached hydrogens (tertiary/aromatic N) is 10. The maximum atomic E-state index is 13.3. The summed E-state index contributed by atoms with van der Waals surface area (Å²) >= 11 is 0. The van der Waals surface area contributed by atoms with E-state index in [0.717, 1.165) is 67.3 Å². The van der Waals surface area contributed by atoms with Crippen LogP contribution in [-0.2, 0) is 30.0 Å². The first-order valence-electron chi connectivity index (χ1n) is 23.6. The minimum absolute atomic E-state index is 0.143. The van der Waals surface area contributed by atoms with Crippen molar-refractivity contribution in [3.63, 3.8) is 0 Å². The van der Waals surface area contributed by atoms with E-state index in [-0.39, 0.29) is 22.2 Å². The summed E-state index contributed by atoms with van der Waals surface area (Å²) in [4.78, 5) is 53.5. The smallest absolute Gasteiger partial charge is 0.277 e. The molecule has 3 N–H and O–H groups in total. The number of ether oxygens (including phenoxy) is 1. The fourth-order valence-electron chi connectivity index (χ4n) is 8.37. The lowest BCUT2D eigenvalue weighted by molar-refractivity contribution is 0.102. The molecule has 0 spiro atoms. The zero-order valence-electron chi connectivity index (χ0n) is 40.6. The van der Waals surface area contributed by atoms with E-state index in [1.54, 1.807) is 43.8 Å². The van der Waals surface area contributed by atoms with Gasteiger partial charge < -0.3 is 30.2 Å². The van der Waals surface area contributed by atoms with E-state index in [2.05, 4.69) is 57.4 Å². The lowest BCUT2D eigenvalue weighted by Gasteiger charge is -2.32. The number of H-pyrrole nitrogens is 1. The maximum Gasteiger partial charge on any atom is 0.277 e. The number of aromatic nitrogens is 7. The molecule has 0 unspecified atom stereocenters. The molecule has 19 heteroatoms. The maximum absolute atomic E-state index is 13.3. The van der Waals surface area contributed by atoms with Crippen LogP contribution in [0.15, 0.2) is 107 Å². The van der Waals surface area contributed by atoms with Gasteiger partial charge in [-0.2, -0.15) is 9.40 Å². The molecule has 7 aromatic rings. The normalized spacial score (nSPS) is 15.1. The molecule has 6 heterocycles. The zero-order chi connectivity index (χ0) is 49.4. The predicted molar refractivity (Wildman–Crippen MR) is 273 cm³/mol. The summed E-state index contributed by atoms with van der Waals surface area (Å²) in [6.07, 6.45) is 6.76. The lowest BCUT2D eigenvalue weighted by Crippen LogP contribution is -2.47. The number of rotatable bonds is 14. The van der Waals surface area contributed by atoms with E-state index in [0.29, 0.717) is 78.8 Å². The number of likely N-dealkylation sites (N-methyl/N-ethyl adjacent to an activating group) is 2. The molecule has 2 saturated heterocycles. The molecule has 0 bridgehead atoms. The van der Waals surface area contributed by atoms with Gasteiger partial charge in [0.1, 0.15) is 17.1 Å². The average Bonchev–Trinajstić information content (AvgIpc) is 3.69. The summed E-state index contributed by atoms with van der Waals surface area (Å²) in [7, 11) is 2.15. The van der Waals surface area contributed by atoms with Crippen LogP contribution in [0.25, 0.3) is 33.7 Å². The molecule has 0 radical (unpaired) electrons. The van der Waals surface area contributed by atoms with Crippen LogP contribution in [-0.4, -0.2) is 141 Å². The van der Waals surface area contributed by atoms with E-state index < -0.39 is 10.0 Å². The number of anilines is 3. The molecule has 3 aromatic carbocycles. The predicted octanol–water partition coefficient (Wildman–Crippen LogP) is 6.20. The minimum atomic E-state index is -3.70. The Morgan fingerprint density at radius 2 is 1.59 bits per heavy atom. The van der Waals surface area contributed by atoms with Crippen LogP contribution in [0.5, 0.6) is 5.75 Å². The second-order valence-corrected chi connectivity index (χ2v) is 19.6. The fraction of sp³-hybridized carbons (Fsp3) is 0.353. The molecular formula is C51H61N13O5S. The van der Waals surface area contributed by atoms with Crippen LogP contribution >= 0.6 is 0 Å². The summed E-state index contributed by atoms with van der Waals surface area (Å²) in [5.74, 6) is 1.05. The van der Waals surface area contributed by atoms with Crippen molar-refractivity contribution in [1.29, 1.82) is 0 Å². The molecule has 0 saturated carbocycles. The molecule has 9 rings (SSSR count). The first-order valence-corrected chi connectivity index (χ1v) is 25.1. The highest BCUT2D eigenvalue weighted by Gasteiger charge is 2.29. The van der Waals surface area contributed by atoms with Crippen LogP contribution in [0.1, 0.15) is 47.4 Å². The van der Waals surface area contributed by atoms with Gasteiger partial charge in [-0.25, -0.2) is 23.4 Å². The number of aryl methyl sites for hydroxylation is 3. The van der Waals surface area contributed by atoms with Gasteiger partial charge in [0, 0.05) is 107 Å². The standard InChI is InChI=1S/C29H31N7O.C22H30N6O4S/c1-21-5-10-25(18-27(21)34-29-31-13-11-26(33-29)24-4-3-12-30-19-24)32-28(37)23-8-6-22(7-9-23)20-36-16-14-35(2)15-17-36;1-5-7-17-19-20(27(4)25-17)22(29)24-21(23-19)16-14-15(8-9-18(16)32-6-2)33(30,31)28-12-10-26(3)11-13-28/h3-13,18-19H,14-17,20H2,1-2H3,(H,32,37)(H,31,33,34);8-9,14H,5-7,10-13H2,1-4H3,(H,23,24,29). The van der Waals surface area contributed by atoms with Crippen LogP contribution in [0.2, 0.25) is 0 Å². The monoisotopic (exact) mass is 967 g/mol. The van der Waals surface area contributed by atoms with Crippen molar-refractivity contribution in [3.8, 4) is 28.4 Å². The Morgan fingerprint density at radius 1 is 0.843 bits per heavy atom. The molecule has 1 amide bonds. The Bertz CT molecular complexity index is 3090. The highest BCUT2D eigenvalue weighted by atomic mass is 32.2. The Balaban J connectivity index is 0.000000190. The fourth-order valence-corrected chi connectivity index (χ4v) is 9.82. The average molecular weight is 968 g/mol. The largest absolute Gasteiger partial charge is 0.493 e. The van der Waals surface area contributed by atoms with Gasteiger partial charge in [-0.05, 0) is 106 Å². The van der Waals surface area contributed by atoms with Crippen molar-refractivity contribution in [1.82, 2.24) is 53.7 Å². The number of sulfonamides is 1. The third kappa shape index (κ3) is 11.7. The molecule has 366 valence electrons. The molecule has 70 heavy (non-hydrogen) atoms. The van der Waals surface area contributed by atoms with Gasteiger partial charge >= 0.3 is 0 Å². The SMILES string of the molecule is CCCc1nn(C)c2c(=O)[nH]c(-c3cc(S(=O)(=O)N4CCN(C)CC4)ccc3OCC)nc12.Cc1ccc(NC(=O)c2ccc(CN3CCN(C)CC3)cc2)cc1Nc1nccc(-c2cccnc2)n1. The first-order chi connectivity index (χ1) is 33.8. The third-order valence-corrected chi connectivity index (χ3v) is 14.3. The van der Waals surface area contributed by atoms with E-state index in [1.807, 2.05) is 88.5 Å². The summed E-state index contributed by atoms with van der Waals surface area (Å²) < 4.78 is 35.4. The number of aromatic amines is 1. The van der Waals surface area contributed by atoms with Crippen LogP contribution in [0, 0.1) is 6.92 Å². The number of piperazine rings is 2. The molecule has 4 aromatic heterocycles. The topological polar surface area (TPSA) is 200 Å². The van der Waals surface area contributed by atoms with E-state index in [9.17, 15) is 18.0 Å². The van der Waals surface area contributed by atoms with E-state index in [1.165, 1.54) is 14.6 Å². The first kappa shape index (κ1) is 49.5. The molecular weight excluding hydrogens is 907 g/mol. The molecule has 0 atom stereocenters. The summed E-state index contributed by atoms with van der Waals surface area (Å²) in [5.41, 5.74) is 7.83. The Morgan fingerprint density at radius 3 is 2.29 bits per heavy atom. The number of carbonyl (C=O) groups is 1. The van der Waals surface area contributed by atoms with Crippen molar-refractivity contribution in [2.45, 2.75) is 45.1 Å². The quantitative estimate of drug-likeness (QED) is 0.111. The molecule has 18 nitrogen and oxygen atoms in total. The van der Waals surface area contributed by atoms with Gasteiger partial charge in [0.25, 0.3) is 11.5 Å². The van der Waals surface area contributed by atoms with E-state index >= 15 is 0 Å². The van der Waals surface area contributed by atoms with Crippen LogP contribution < -0.4 is 20.9 Å². The molecule has 2 aliphatic rings. The highest BCUT2D eigenvalue weighted by molar-refractivity contribution is 7.89. The second kappa shape index (κ2) is 22.2. The van der Waals surface area contributed by atoms with Crippen LogP contribution in [0.3, 0.4) is 0 Å². The summed E-state index contributed by atoms with van der Waals surface area (Å²) in [6, 6.07) is 24.0. The number of nitrogens with one attached hydrogen (secondary N) is 3. The molecule has 0 aliphatic carbocycles. The number of fused-ring (bicyclic) bond motifs is 1. The minimum Gasteiger partial charge on any atom is -0.493 e. The number of amides is 1. The van der Waals surface area contributed by atoms with Crippen molar-refractivity contribution in [2.75, 3.05) is 83.7 Å². The Kier molecular flexibility index (Phi) is 15.7. The van der Waals surface area contributed by atoms with Gasteiger partial charge in [0.05, 0.1) is 28.5 Å². The summed E-state index contributed by atoms with van der Waals surface area (Å²) in [6.45, 7) is 13.7. The van der Waals surface area contributed by atoms with Crippen molar-refractivity contribution >= 4 is 44.3 Å². The molecule has 2 aliphatic heterocycles. The Hall–Kier alpha value is -6.90. The van der Waals surface area contributed by atoms with Crippen molar-refractivity contribution in [3.05, 3.63) is 130 Å². The number of hydrogen-bond acceptors (Lipinski definition) is 14. The lowest BCUT2D eigenvalue weighted by atomic mass is 10.1. The Labute approximate surface area is 408 Å². The van der Waals surface area contributed by atoms with Crippen molar-refractivity contribution < 1.29 is 17.9 Å². The van der Waals surface area contributed by atoms with Gasteiger partial charge in [0.15, 0.2) is 5.52 Å². The number of carbonyl (C=O) groups excluding carboxylic acids is 1. The molecule has 2 fully saturated rings. The van der Waals surface area contributed by atoms with Gasteiger partial charge in [-0.1, -0.05) is 31.5 Å². The second-order valence-electron chi connectivity index (χ2n) is 17.6.